The molecule has 0 saturated heterocycles. The Morgan fingerprint density at radius 3 is 2.25 bits per heavy atom. The number of carbonyl (C=O) groups excluding carboxylic acids is 2. The van der Waals surface area contributed by atoms with Gasteiger partial charge in [-0.25, -0.2) is 0 Å². The first-order valence-electron chi connectivity index (χ1n) is 9.39. The molecule has 150 valence electrons. The average Bonchev–Trinajstić information content (AvgIpc) is 2.67. The quantitative estimate of drug-likeness (QED) is 0.667. The van der Waals surface area contributed by atoms with E-state index in [2.05, 4.69) is 5.32 Å². The number of carbonyl (C=O) groups is 2. The zero-order valence-corrected chi connectivity index (χ0v) is 18.0. The van der Waals surface area contributed by atoms with Crippen LogP contribution in [-0.2, 0) is 22.6 Å². The Hall–Kier alpha value is -2.04. The number of rotatable bonds is 8. The van der Waals surface area contributed by atoms with Crippen LogP contribution in [0.25, 0.3) is 0 Å². The Morgan fingerprint density at radius 2 is 1.68 bits per heavy atom. The minimum absolute atomic E-state index is 0.154. The number of hydrogen-bond acceptors (Lipinski definition) is 2. The molecule has 2 aromatic carbocycles. The summed E-state index contributed by atoms with van der Waals surface area (Å²) < 4.78 is 0. The maximum absolute atomic E-state index is 13.1. The summed E-state index contributed by atoms with van der Waals surface area (Å²) in [5, 5.41) is 3.80. The second kappa shape index (κ2) is 10.5. The summed E-state index contributed by atoms with van der Waals surface area (Å²) in [4.78, 5) is 27.2. The van der Waals surface area contributed by atoms with Crippen LogP contribution in [0.2, 0.25) is 10.0 Å². The van der Waals surface area contributed by atoms with Crippen molar-refractivity contribution in [2.45, 2.75) is 46.2 Å². The van der Waals surface area contributed by atoms with E-state index < -0.39 is 6.04 Å². The van der Waals surface area contributed by atoms with Crippen molar-refractivity contribution in [3.63, 3.8) is 0 Å². The van der Waals surface area contributed by atoms with Gasteiger partial charge in [0.2, 0.25) is 11.8 Å². The Labute approximate surface area is 176 Å². The SMILES string of the molecule is CCCNC(=O)[C@H](C)N(Cc1c(Cl)cccc1Cl)C(=O)Cc1ccc(C)cc1. The highest BCUT2D eigenvalue weighted by molar-refractivity contribution is 6.36. The third-order valence-corrected chi connectivity index (χ3v) is 5.29. The van der Waals surface area contributed by atoms with Crippen LogP contribution in [0.5, 0.6) is 0 Å². The topological polar surface area (TPSA) is 49.4 Å². The molecular formula is C22H26Cl2N2O2. The van der Waals surface area contributed by atoms with Gasteiger partial charge in [0.15, 0.2) is 0 Å². The fraction of sp³-hybridized carbons (Fsp3) is 0.364. The molecule has 0 spiro atoms. The summed E-state index contributed by atoms with van der Waals surface area (Å²) >= 11 is 12.6. The molecule has 4 nitrogen and oxygen atoms in total. The molecular weight excluding hydrogens is 395 g/mol. The summed E-state index contributed by atoms with van der Waals surface area (Å²) in [6, 6.07) is 12.4. The molecule has 0 radical (unpaired) electrons. The smallest absolute Gasteiger partial charge is 0.242 e. The molecule has 0 aliphatic heterocycles. The van der Waals surface area contributed by atoms with Crippen molar-refractivity contribution in [2.24, 2.45) is 0 Å². The third-order valence-electron chi connectivity index (χ3n) is 4.58. The predicted molar refractivity (Wildman–Crippen MR) is 115 cm³/mol. The first-order chi connectivity index (χ1) is 13.3. The van der Waals surface area contributed by atoms with Crippen molar-refractivity contribution >= 4 is 35.0 Å². The summed E-state index contributed by atoms with van der Waals surface area (Å²) in [6.45, 7) is 6.44. The van der Waals surface area contributed by atoms with Crippen LogP contribution in [0.1, 0.15) is 37.0 Å². The van der Waals surface area contributed by atoms with Crippen LogP contribution in [0, 0.1) is 6.92 Å². The lowest BCUT2D eigenvalue weighted by molar-refractivity contribution is -0.140. The third kappa shape index (κ3) is 5.98. The average molecular weight is 421 g/mol. The first-order valence-corrected chi connectivity index (χ1v) is 10.1. The lowest BCUT2D eigenvalue weighted by atomic mass is 10.1. The fourth-order valence-corrected chi connectivity index (χ4v) is 3.33. The molecule has 0 aliphatic rings. The Morgan fingerprint density at radius 1 is 1.07 bits per heavy atom. The number of nitrogens with one attached hydrogen (secondary N) is 1. The molecule has 0 unspecified atom stereocenters. The van der Waals surface area contributed by atoms with Gasteiger partial charge >= 0.3 is 0 Å². The minimum atomic E-state index is -0.642. The Balaban J connectivity index is 2.27. The van der Waals surface area contributed by atoms with Crippen molar-refractivity contribution in [1.82, 2.24) is 10.2 Å². The van der Waals surface area contributed by atoms with E-state index in [0.29, 0.717) is 22.2 Å². The monoisotopic (exact) mass is 420 g/mol. The van der Waals surface area contributed by atoms with Gasteiger partial charge in [0, 0.05) is 28.7 Å². The van der Waals surface area contributed by atoms with E-state index in [4.69, 9.17) is 23.2 Å². The molecule has 0 aliphatic carbocycles. The minimum Gasteiger partial charge on any atom is -0.354 e. The molecule has 1 N–H and O–H groups in total. The second-order valence-electron chi connectivity index (χ2n) is 6.85. The zero-order chi connectivity index (χ0) is 20.7. The predicted octanol–water partition coefficient (Wildman–Crippen LogP) is 4.79. The van der Waals surface area contributed by atoms with Crippen LogP contribution in [0.15, 0.2) is 42.5 Å². The highest BCUT2D eigenvalue weighted by Crippen LogP contribution is 2.26. The van der Waals surface area contributed by atoms with Gasteiger partial charge in [0.25, 0.3) is 0 Å². The summed E-state index contributed by atoms with van der Waals surface area (Å²) in [5.74, 6) is -0.346. The van der Waals surface area contributed by atoms with E-state index in [1.165, 1.54) is 4.90 Å². The molecule has 6 heteroatoms. The maximum atomic E-state index is 13.1. The Kier molecular flexibility index (Phi) is 8.34. The molecule has 2 aromatic rings. The number of aryl methyl sites for hydroxylation is 1. The van der Waals surface area contributed by atoms with Gasteiger partial charge in [-0.2, -0.15) is 0 Å². The molecule has 2 amide bonds. The number of hydrogen-bond donors (Lipinski definition) is 1. The standard InChI is InChI=1S/C22H26Cl2N2O2/c1-4-12-25-22(28)16(3)26(14-18-19(23)6-5-7-20(18)24)21(27)13-17-10-8-15(2)9-11-17/h5-11,16H,4,12-14H2,1-3H3,(H,25,28)/t16-/m0/s1. The lowest BCUT2D eigenvalue weighted by Crippen LogP contribution is -2.48. The highest BCUT2D eigenvalue weighted by Gasteiger charge is 2.27. The number of halogens is 2. The van der Waals surface area contributed by atoms with Crippen molar-refractivity contribution in [3.05, 3.63) is 69.2 Å². The molecule has 2 rings (SSSR count). The molecule has 1 atom stereocenters. The van der Waals surface area contributed by atoms with E-state index in [-0.39, 0.29) is 24.8 Å². The van der Waals surface area contributed by atoms with E-state index in [1.807, 2.05) is 38.1 Å². The molecule has 0 fully saturated rings. The normalized spacial score (nSPS) is 11.8. The van der Waals surface area contributed by atoms with Gasteiger partial charge in [-0.1, -0.05) is 66.0 Å². The molecule has 0 aromatic heterocycles. The van der Waals surface area contributed by atoms with Crippen molar-refractivity contribution in [1.29, 1.82) is 0 Å². The van der Waals surface area contributed by atoms with Crippen molar-refractivity contribution in [2.75, 3.05) is 6.54 Å². The van der Waals surface area contributed by atoms with Crippen LogP contribution >= 0.6 is 23.2 Å². The summed E-state index contributed by atoms with van der Waals surface area (Å²) in [7, 11) is 0. The van der Waals surface area contributed by atoms with Crippen LogP contribution in [0.3, 0.4) is 0 Å². The lowest BCUT2D eigenvalue weighted by Gasteiger charge is -2.29. The van der Waals surface area contributed by atoms with E-state index in [1.54, 1.807) is 25.1 Å². The van der Waals surface area contributed by atoms with Crippen LogP contribution < -0.4 is 5.32 Å². The first kappa shape index (κ1) is 22.3. The zero-order valence-electron chi connectivity index (χ0n) is 16.5. The maximum Gasteiger partial charge on any atom is 0.242 e. The number of amides is 2. The molecule has 0 bridgehead atoms. The largest absolute Gasteiger partial charge is 0.354 e. The molecule has 28 heavy (non-hydrogen) atoms. The van der Waals surface area contributed by atoms with Gasteiger partial charge < -0.3 is 10.2 Å². The van der Waals surface area contributed by atoms with Crippen molar-refractivity contribution < 1.29 is 9.59 Å². The van der Waals surface area contributed by atoms with Gasteiger partial charge in [-0.05, 0) is 38.0 Å². The number of benzene rings is 2. The van der Waals surface area contributed by atoms with Gasteiger partial charge in [0.05, 0.1) is 6.42 Å². The number of nitrogens with zero attached hydrogens (tertiary/aromatic N) is 1. The molecule has 0 heterocycles. The highest BCUT2D eigenvalue weighted by atomic mass is 35.5. The summed E-state index contributed by atoms with van der Waals surface area (Å²) in [6.07, 6.45) is 1.03. The van der Waals surface area contributed by atoms with Gasteiger partial charge in [-0.15, -0.1) is 0 Å². The summed E-state index contributed by atoms with van der Waals surface area (Å²) in [5.41, 5.74) is 2.66. The van der Waals surface area contributed by atoms with Gasteiger partial charge in [-0.3, -0.25) is 9.59 Å². The Bertz CT molecular complexity index is 802. The van der Waals surface area contributed by atoms with E-state index >= 15 is 0 Å². The van der Waals surface area contributed by atoms with E-state index in [0.717, 1.165) is 17.5 Å². The van der Waals surface area contributed by atoms with E-state index in [9.17, 15) is 9.59 Å². The van der Waals surface area contributed by atoms with Crippen molar-refractivity contribution in [3.8, 4) is 0 Å². The van der Waals surface area contributed by atoms with Crippen LogP contribution in [0.4, 0.5) is 0 Å². The van der Waals surface area contributed by atoms with Gasteiger partial charge in [0.1, 0.15) is 6.04 Å². The fourth-order valence-electron chi connectivity index (χ4n) is 2.81. The molecule has 0 saturated carbocycles. The van der Waals surface area contributed by atoms with Crippen LogP contribution in [-0.4, -0.2) is 29.3 Å². The second-order valence-corrected chi connectivity index (χ2v) is 7.67.